The SMILES string of the molecule is O=C(c1ccsc1)c1ccc(F)c(Br)c1. The highest BCUT2D eigenvalue weighted by molar-refractivity contribution is 9.10. The van der Waals surface area contributed by atoms with Crippen LogP contribution in [-0.2, 0) is 0 Å². The van der Waals surface area contributed by atoms with Gasteiger partial charge in [-0.25, -0.2) is 4.39 Å². The van der Waals surface area contributed by atoms with Crippen molar-refractivity contribution in [3.05, 3.63) is 56.4 Å². The van der Waals surface area contributed by atoms with Crippen LogP contribution in [0.3, 0.4) is 0 Å². The Morgan fingerprint density at radius 2 is 2.07 bits per heavy atom. The summed E-state index contributed by atoms with van der Waals surface area (Å²) < 4.78 is 13.3. The normalized spacial score (nSPS) is 10.3. The van der Waals surface area contributed by atoms with Crippen LogP contribution < -0.4 is 0 Å². The largest absolute Gasteiger partial charge is 0.289 e. The average Bonchev–Trinajstić information content (AvgIpc) is 2.74. The fourth-order valence-corrected chi connectivity index (χ4v) is 2.21. The summed E-state index contributed by atoms with van der Waals surface area (Å²) in [4.78, 5) is 11.8. The molecule has 0 unspecified atom stereocenters. The van der Waals surface area contributed by atoms with Gasteiger partial charge in [0.15, 0.2) is 5.78 Å². The van der Waals surface area contributed by atoms with Crippen LogP contribution in [0.15, 0.2) is 39.5 Å². The molecule has 1 nitrogen and oxygen atoms in total. The van der Waals surface area contributed by atoms with E-state index in [1.165, 1.54) is 29.5 Å². The summed E-state index contributed by atoms with van der Waals surface area (Å²) in [5.74, 6) is -0.450. The highest BCUT2D eigenvalue weighted by atomic mass is 79.9. The predicted molar refractivity (Wildman–Crippen MR) is 61.9 cm³/mol. The van der Waals surface area contributed by atoms with E-state index in [4.69, 9.17) is 0 Å². The van der Waals surface area contributed by atoms with Gasteiger partial charge in [-0.1, -0.05) is 0 Å². The summed E-state index contributed by atoms with van der Waals surface area (Å²) in [5, 5.41) is 3.62. The van der Waals surface area contributed by atoms with Gasteiger partial charge in [0.25, 0.3) is 0 Å². The number of halogens is 2. The van der Waals surface area contributed by atoms with E-state index in [1.807, 2.05) is 5.38 Å². The van der Waals surface area contributed by atoms with E-state index in [-0.39, 0.29) is 11.6 Å². The van der Waals surface area contributed by atoms with Gasteiger partial charge in [0.2, 0.25) is 0 Å². The lowest BCUT2D eigenvalue weighted by Crippen LogP contribution is -1.99. The van der Waals surface area contributed by atoms with Crippen molar-refractivity contribution in [2.45, 2.75) is 0 Å². The fourth-order valence-electron chi connectivity index (χ4n) is 1.20. The number of rotatable bonds is 2. The molecule has 4 heteroatoms. The molecular weight excluding hydrogens is 279 g/mol. The van der Waals surface area contributed by atoms with Crippen LogP contribution in [-0.4, -0.2) is 5.78 Å². The standard InChI is InChI=1S/C11H6BrFOS/c12-9-5-7(1-2-10(9)13)11(14)8-3-4-15-6-8/h1-6H. The minimum absolute atomic E-state index is 0.0862. The molecule has 2 rings (SSSR count). The number of carbonyl (C=O) groups excluding carboxylic acids is 1. The Hall–Kier alpha value is -1.00. The first kappa shape index (κ1) is 10.5. The van der Waals surface area contributed by atoms with Crippen molar-refractivity contribution < 1.29 is 9.18 Å². The number of hydrogen-bond acceptors (Lipinski definition) is 2. The summed E-state index contributed by atoms with van der Waals surface area (Å²) >= 11 is 4.52. The molecule has 0 fully saturated rings. The second kappa shape index (κ2) is 4.24. The zero-order valence-corrected chi connectivity index (χ0v) is 9.94. The fraction of sp³-hybridized carbons (Fsp3) is 0. The number of carbonyl (C=O) groups is 1. The number of benzene rings is 1. The maximum atomic E-state index is 12.9. The summed E-state index contributed by atoms with van der Waals surface area (Å²) in [7, 11) is 0. The van der Waals surface area contributed by atoms with Gasteiger partial charge >= 0.3 is 0 Å². The molecule has 0 spiro atoms. The zero-order chi connectivity index (χ0) is 10.8. The molecule has 0 atom stereocenters. The smallest absolute Gasteiger partial charge is 0.193 e. The van der Waals surface area contributed by atoms with Crippen LogP contribution in [0.1, 0.15) is 15.9 Å². The molecule has 76 valence electrons. The molecule has 1 heterocycles. The van der Waals surface area contributed by atoms with Gasteiger partial charge in [-0.15, -0.1) is 0 Å². The van der Waals surface area contributed by atoms with E-state index in [9.17, 15) is 9.18 Å². The lowest BCUT2D eigenvalue weighted by Gasteiger charge is -2.00. The van der Waals surface area contributed by atoms with E-state index < -0.39 is 0 Å². The van der Waals surface area contributed by atoms with Gasteiger partial charge in [0.1, 0.15) is 5.82 Å². The van der Waals surface area contributed by atoms with E-state index in [0.29, 0.717) is 15.6 Å². The molecular formula is C11H6BrFOS. The maximum absolute atomic E-state index is 12.9. The van der Waals surface area contributed by atoms with Crippen molar-refractivity contribution in [2.75, 3.05) is 0 Å². The van der Waals surface area contributed by atoms with E-state index in [2.05, 4.69) is 15.9 Å². The molecule has 1 aromatic heterocycles. The van der Waals surface area contributed by atoms with Crippen LogP contribution in [0.2, 0.25) is 0 Å². The van der Waals surface area contributed by atoms with Crippen molar-refractivity contribution >= 4 is 33.0 Å². The minimum atomic E-state index is -0.364. The topological polar surface area (TPSA) is 17.1 Å². The van der Waals surface area contributed by atoms with Crippen molar-refractivity contribution in [1.29, 1.82) is 0 Å². The van der Waals surface area contributed by atoms with Crippen LogP contribution in [0, 0.1) is 5.82 Å². The van der Waals surface area contributed by atoms with Crippen LogP contribution in [0.25, 0.3) is 0 Å². The third kappa shape index (κ3) is 2.16. The van der Waals surface area contributed by atoms with Gasteiger partial charge in [-0.05, 0) is 45.6 Å². The number of ketones is 1. The Bertz CT molecular complexity index is 493. The van der Waals surface area contributed by atoms with Crippen molar-refractivity contribution in [3.8, 4) is 0 Å². The van der Waals surface area contributed by atoms with Crippen molar-refractivity contribution in [1.82, 2.24) is 0 Å². The predicted octanol–water partition coefficient (Wildman–Crippen LogP) is 3.88. The van der Waals surface area contributed by atoms with Crippen LogP contribution >= 0.6 is 27.3 Å². The summed E-state index contributed by atoms with van der Waals surface area (Å²) in [6.07, 6.45) is 0. The van der Waals surface area contributed by atoms with E-state index >= 15 is 0 Å². The Balaban J connectivity index is 2.39. The number of thiophene rings is 1. The molecule has 1 aromatic carbocycles. The Kier molecular flexibility index (Phi) is 2.98. The Labute approximate surface area is 98.7 Å². The van der Waals surface area contributed by atoms with Crippen molar-refractivity contribution in [2.24, 2.45) is 0 Å². The Morgan fingerprint density at radius 3 is 2.67 bits per heavy atom. The zero-order valence-electron chi connectivity index (χ0n) is 7.54. The number of hydrogen-bond donors (Lipinski definition) is 0. The summed E-state index contributed by atoms with van der Waals surface area (Å²) in [6, 6.07) is 6.02. The lowest BCUT2D eigenvalue weighted by molar-refractivity contribution is 0.103. The first-order valence-electron chi connectivity index (χ1n) is 4.20. The lowest BCUT2D eigenvalue weighted by atomic mass is 10.1. The molecule has 0 bridgehead atoms. The van der Waals surface area contributed by atoms with Gasteiger partial charge < -0.3 is 0 Å². The minimum Gasteiger partial charge on any atom is -0.289 e. The second-order valence-corrected chi connectivity index (χ2v) is 4.60. The molecule has 0 saturated heterocycles. The summed E-state index contributed by atoms with van der Waals surface area (Å²) in [5.41, 5.74) is 1.13. The summed E-state index contributed by atoms with van der Waals surface area (Å²) in [6.45, 7) is 0. The molecule has 0 aliphatic rings. The average molecular weight is 285 g/mol. The third-order valence-electron chi connectivity index (χ3n) is 1.97. The molecule has 0 saturated carbocycles. The van der Waals surface area contributed by atoms with Gasteiger partial charge in [0, 0.05) is 16.5 Å². The molecule has 0 aliphatic heterocycles. The molecule has 0 amide bonds. The maximum Gasteiger partial charge on any atom is 0.193 e. The van der Waals surface area contributed by atoms with Crippen molar-refractivity contribution in [3.63, 3.8) is 0 Å². The highest BCUT2D eigenvalue weighted by Crippen LogP contribution is 2.19. The van der Waals surface area contributed by atoms with E-state index in [0.717, 1.165) is 0 Å². The van der Waals surface area contributed by atoms with Crippen LogP contribution in [0.5, 0.6) is 0 Å². The molecule has 0 aliphatic carbocycles. The van der Waals surface area contributed by atoms with Gasteiger partial charge in [-0.2, -0.15) is 11.3 Å². The molecule has 0 N–H and O–H groups in total. The first-order chi connectivity index (χ1) is 7.18. The monoisotopic (exact) mass is 284 g/mol. The van der Waals surface area contributed by atoms with E-state index in [1.54, 1.807) is 11.4 Å². The first-order valence-corrected chi connectivity index (χ1v) is 5.94. The highest BCUT2D eigenvalue weighted by Gasteiger charge is 2.10. The Morgan fingerprint density at radius 1 is 1.27 bits per heavy atom. The van der Waals surface area contributed by atoms with Crippen LogP contribution in [0.4, 0.5) is 4.39 Å². The second-order valence-electron chi connectivity index (χ2n) is 2.97. The van der Waals surface area contributed by atoms with Gasteiger partial charge in [0.05, 0.1) is 4.47 Å². The molecule has 2 aromatic rings. The third-order valence-corrected chi connectivity index (χ3v) is 3.26. The quantitative estimate of drug-likeness (QED) is 0.765. The molecule has 15 heavy (non-hydrogen) atoms. The molecule has 0 radical (unpaired) electrons. The van der Waals surface area contributed by atoms with Gasteiger partial charge in [-0.3, -0.25) is 4.79 Å².